The summed E-state index contributed by atoms with van der Waals surface area (Å²) in [5, 5.41) is 14.9. The van der Waals surface area contributed by atoms with E-state index in [1.54, 1.807) is 7.05 Å². The average molecular weight is 309 g/mol. The zero-order valence-electron chi connectivity index (χ0n) is 11.7. The van der Waals surface area contributed by atoms with Gasteiger partial charge in [-0.3, -0.25) is 4.68 Å². The minimum Gasteiger partial charge on any atom is -0.388 e. The van der Waals surface area contributed by atoms with Crippen LogP contribution in [0.5, 0.6) is 0 Å². The van der Waals surface area contributed by atoms with Gasteiger partial charge in [0.15, 0.2) is 0 Å². The van der Waals surface area contributed by atoms with E-state index in [1.165, 1.54) is 10.9 Å². The van der Waals surface area contributed by atoms with Crippen LogP contribution < -0.4 is 0 Å². The van der Waals surface area contributed by atoms with Gasteiger partial charge in [0.25, 0.3) is 0 Å². The van der Waals surface area contributed by atoms with E-state index in [0.717, 1.165) is 5.69 Å². The molecule has 0 spiro atoms. The highest BCUT2D eigenvalue weighted by atomic mass is 35.5. The van der Waals surface area contributed by atoms with Crippen molar-refractivity contribution < 1.29 is 13.5 Å². The van der Waals surface area contributed by atoms with Crippen LogP contribution in [0.15, 0.2) is 0 Å². The number of hydrogen-bond acceptors (Lipinski definition) is 4. The van der Waals surface area contributed by atoms with Crippen molar-refractivity contribution in [3.63, 3.8) is 0 Å². The fourth-order valence-corrected chi connectivity index (χ4v) is 2.91. The number of halogens is 1. The van der Waals surface area contributed by atoms with E-state index in [1.807, 2.05) is 13.8 Å². The Morgan fingerprint density at radius 2 is 2.00 bits per heavy atom. The van der Waals surface area contributed by atoms with Gasteiger partial charge in [-0.15, -0.1) is 0 Å². The quantitative estimate of drug-likeness (QED) is 0.873. The highest BCUT2D eigenvalue weighted by molar-refractivity contribution is 7.90. The van der Waals surface area contributed by atoms with E-state index in [9.17, 15) is 13.5 Å². The molecule has 0 aliphatic heterocycles. The molecule has 110 valence electrons. The molecule has 1 atom stereocenters. The van der Waals surface area contributed by atoms with Gasteiger partial charge < -0.3 is 5.11 Å². The van der Waals surface area contributed by atoms with Crippen molar-refractivity contribution in [2.75, 3.05) is 12.0 Å². The lowest BCUT2D eigenvalue weighted by Crippen LogP contribution is -2.07. The van der Waals surface area contributed by atoms with Crippen molar-refractivity contribution in [2.24, 2.45) is 7.05 Å². The Morgan fingerprint density at radius 1 is 1.42 bits per heavy atom. The van der Waals surface area contributed by atoms with Gasteiger partial charge in [-0.05, 0) is 18.8 Å². The van der Waals surface area contributed by atoms with Crippen LogP contribution in [0, 0.1) is 0 Å². The molecule has 1 N–H and O–H groups in total. The second-order valence-electron chi connectivity index (χ2n) is 5.16. The van der Waals surface area contributed by atoms with Crippen molar-refractivity contribution in [3.8, 4) is 0 Å². The molecule has 1 aromatic rings. The molecule has 5 nitrogen and oxygen atoms in total. The van der Waals surface area contributed by atoms with Gasteiger partial charge in [0.05, 0.1) is 11.8 Å². The third-order valence-electron chi connectivity index (χ3n) is 2.91. The summed E-state index contributed by atoms with van der Waals surface area (Å²) in [7, 11) is -1.28. The third-order valence-corrected chi connectivity index (χ3v) is 4.39. The smallest absolute Gasteiger partial charge is 0.147 e. The third kappa shape index (κ3) is 4.47. The molecule has 0 saturated heterocycles. The Balaban J connectivity index is 2.84. The number of rotatable bonds is 6. The predicted molar refractivity (Wildman–Crippen MR) is 76.2 cm³/mol. The summed E-state index contributed by atoms with van der Waals surface area (Å²) in [6, 6.07) is 0. The van der Waals surface area contributed by atoms with Crippen molar-refractivity contribution in [2.45, 2.75) is 38.7 Å². The van der Waals surface area contributed by atoms with Crippen molar-refractivity contribution in [3.05, 3.63) is 16.4 Å². The maximum Gasteiger partial charge on any atom is 0.147 e. The molecular formula is C12H21ClN2O3S. The van der Waals surface area contributed by atoms with E-state index in [-0.39, 0.29) is 11.7 Å². The minimum atomic E-state index is -3.00. The summed E-state index contributed by atoms with van der Waals surface area (Å²) >= 11 is 6.14. The SMILES string of the molecule is CC(C)c1nn(C)c(Cl)c1C(O)CCCS(C)(=O)=O. The fraction of sp³-hybridized carbons (Fsp3) is 0.750. The second-order valence-corrected chi connectivity index (χ2v) is 7.77. The second kappa shape index (κ2) is 6.24. The lowest BCUT2D eigenvalue weighted by molar-refractivity contribution is 0.165. The molecule has 0 amide bonds. The van der Waals surface area contributed by atoms with Crippen LogP contribution in [0.25, 0.3) is 0 Å². The molecule has 19 heavy (non-hydrogen) atoms. The molecule has 0 aliphatic rings. The Hall–Kier alpha value is -0.590. The van der Waals surface area contributed by atoms with Crippen LogP contribution in [0.4, 0.5) is 0 Å². The maximum absolute atomic E-state index is 11.1. The number of hydrogen-bond donors (Lipinski definition) is 1. The largest absolute Gasteiger partial charge is 0.388 e. The average Bonchev–Trinajstić information content (AvgIpc) is 2.54. The molecule has 7 heteroatoms. The van der Waals surface area contributed by atoms with E-state index in [0.29, 0.717) is 23.6 Å². The standard InChI is InChI=1S/C12H21ClN2O3S/c1-8(2)11-10(12(13)15(3)14-11)9(16)6-5-7-19(4,17)18/h8-9,16H,5-7H2,1-4H3. The number of nitrogens with zero attached hydrogens (tertiary/aromatic N) is 2. The van der Waals surface area contributed by atoms with Crippen LogP contribution in [-0.2, 0) is 16.9 Å². The van der Waals surface area contributed by atoms with Gasteiger partial charge in [0.2, 0.25) is 0 Å². The lowest BCUT2D eigenvalue weighted by atomic mass is 10.00. The van der Waals surface area contributed by atoms with Gasteiger partial charge >= 0.3 is 0 Å². The molecule has 0 aliphatic carbocycles. The zero-order valence-corrected chi connectivity index (χ0v) is 13.3. The summed E-state index contributed by atoms with van der Waals surface area (Å²) in [6.45, 7) is 3.96. The topological polar surface area (TPSA) is 72.2 Å². The summed E-state index contributed by atoms with van der Waals surface area (Å²) in [5.74, 6) is 0.220. The molecule has 0 bridgehead atoms. The first kappa shape index (κ1) is 16.5. The number of aliphatic hydroxyl groups excluding tert-OH is 1. The monoisotopic (exact) mass is 308 g/mol. The maximum atomic E-state index is 11.1. The van der Waals surface area contributed by atoms with Crippen LogP contribution in [0.2, 0.25) is 5.15 Å². The van der Waals surface area contributed by atoms with Crippen molar-refractivity contribution >= 4 is 21.4 Å². The Morgan fingerprint density at radius 3 is 2.47 bits per heavy atom. The van der Waals surface area contributed by atoms with Gasteiger partial charge in [0, 0.05) is 24.6 Å². The van der Waals surface area contributed by atoms with Gasteiger partial charge in [-0.1, -0.05) is 25.4 Å². The zero-order chi connectivity index (χ0) is 14.8. The van der Waals surface area contributed by atoms with Crippen LogP contribution in [0.3, 0.4) is 0 Å². The molecule has 1 heterocycles. The molecule has 0 saturated carbocycles. The molecule has 0 fully saturated rings. The minimum absolute atomic E-state index is 0.0684. The van der Waals surface area contributed by atoms with E-state index in [4.69, 9.17) is 11.6 Å². The highest BCUT2D eigenvalue weighted by Crippen LogP contribution is 2.32. The number of aliphatic hydroxyl groups is 1. The first-order valence-corrected chi connectivity index (χ1v) is 8.65. The molecular weight excluding hydrogens is 288 g/mol. The lowest BCUT2D eigenvalue weighted by Gasteiger charge is -2.12. The summed E-state index contributed by atoms with van der Waals surface area (Å²) in [5.41, 5.74) is 1.38. The molecule has 1 unspecified atom stereocenters. The molecule has 1 aromatic heterocycles. The van der Waals surface area contributed by atoms with Gasteiger partial charge in [-0.25, -0.2) is 8.42 Å². The molecule has 1 rings (SSSR count). The van der Waals surface area contributed by atoms with E-state index in [2.05, 4.69) is 5.10 Å². The van der Waals surface area contributed by atoms with Crippen LogP contribution in [-0.4, -0.2) is 35.3 Å². The Bertz CT molecular complexity index is 537. The first-order chi connectivity index (χ1) is 8.63. The first-order valence-electron chi connectivity index (χ1n) is 6.21. The number of aryl methyl sites for hydroxylation is 1. The summed E-state index contributed by atoms with van der Waals surface area (Å²) < 4.78 is 23.7. The number of sulfone groups is 1. The van der Waals surface area contributed by atoms with E-state index < -0.39 is 15.9 Å². The predicted octanol–water partition coefficient (Wildman–Crippen LogP) is 2.06. The van der Waals surface area contributed by atoms with Crippen LogP contribution in [0.1, 0.15) is 50.0 Å². The van der Waals surface area contributed by atoms with Crippen LogP contribution >= 0.6 is 11.6 Å². The normalized spacial score (nSPS) is 14.1. The van der Waals surface area contributed by atoms with E-state index >= 15 is 0 Å². The number of aromatic nitrogens is 2. The Labute approximate surface area is 119 Å². The van der Waals surface area contributed by atoms with Crippen molar-refractivity contribution in [1.29, 1.82) is 0 Å². The fourth-order valence-electron chi connectivity index (χ4n) is 1.96. The summed E-state index contributed by atoms with van der Waals surface area (Å²) in [6.07, 6.45) is 1.18. The molecule has 0 aromatic carbocycles. The Kier molecular flexibility index (Phi) is 5.41. The summed E-state index contributed by atoms with van der Waals surface area (Å²) in [4.78, 5) is 0. The highest BCUT2D eigenvalue weighted by Gasteiger charge is 2.23. The molecule has 0 radical (unpaired) electrons. The van der Waals surface area contributed by atoms with Gasteiger partial charge in [0.1, 0.15) is 15.0 Å². The van der Waals surface area contributed by atoms with Crippen molar-refractivity contribution in [1.82, 2.24) is 9.78 Å². The van der Waals surface area contributed by atoms with Gasteiger partial charge in [-0.2, -0.15) is 5.10 Å².